The van der Waals surface area contributed by atoms with E-state index in [1.54, 1.807) is 11.0 Å². The number of amides is 1. The highest BCUT2D eigenvalue weighted by atomic mass is 35.5. The summed E-state index contributed by atoms with van der Waals surface area (Å²) in [5, 5.41) is 0.303. The first kappa shape index (κ1) is 16.2. The molecule has 0 aliphatic carbocycles. The molecule has 1 fully saturated rings. The summed E-state index contributed by atoms with van der Waals surface area (Å²) in [6.45, 7) is 6.38. The molecule has 1 aromatic heterocycles. The average molecular weight is 332 g/mol. The third kappa shape index (κ3) is 4.38. The van der Waals surface area contributed by atoms with Crippen molar-refractivity contribution in [3.05, 3.63) is 17.5 Å². The van der Waals surface area contributed by atoms with E-state index in [9.17, 15) is 9.00 Å². The minimum atomic E-state index is -1.31. The molecule has 116 valence electrons. The van der Waals surface area contributed by atoms with Gasteiger partial charge in [0.2, 0.25) is 5.28 Å². The molecule has 0 spiro atoms. The van der Waals surface area contributed by atoms with Crippen molar-refractivity contribution >= 4 is 28.5 Å². The van der Waals surface area contributed by atoms with Gasteiger partial charge in [-0.15, -0.1) is 0 Å². The van der Waals surface area contributed by atoms with Crippen LogP contribution in [0.3, 0.4) is 0 Å². The molecule has 2 heterocycles. The summed E-state index contributed by atoms with van der Waals surface area (Å²) in [6.07, 6.45) is 1.75. The van der Waals surface area contributed by atoms with Crippen molar-refractivity contribution in [2.75, 3.05) is 13.1 Å². The number of halogens is 1. The highest BCUT2D eigenvalue weighted by Gasteiger charge is 2.33. The van der Waals surface area contributed by atoms with Crippen LogP contribution in [0.5, 0.6) is 0 Å². The van der Waals surface area contributed by atoms with Crippen molar-refractivity contribution in [3.63, 3.8) is 0 Å². The second kappa shape index (κ2) is 6.27. The third-order valence-electron chi connectivity index (χ3n) is 2.91. The van der Waals surface area contributed by atoms with E-state index in [4.69, 9.17) is 16.3 Å². The van der Waals surface area contributed by atoms with Gasteiger partial charge in [0.15, 0.2) is 0 Å². The molecule has 8 heteroatoms. The van der Waals surface area contributed by atoms with Crippen LogP contribution < -0.4 is 0 Å². The Balaban J connectivity index is 1.99. The molecule has 0 bridgehead atoms. The Bertz CT molecular complexity index is 562. The van der Waals surface area contributed by atoms with Gasteiger partial charge in [-0.3, -0.25) is 4.21 Å². The standard InChI is InChI=1S/C13H18ClN3O3S/c1-13(2,3)20-12(18)17-7-5-9(8-17)21(19)10-4-6-15-11(14)16-10/h4,6,9H,5,7-8H2,1-3H3/t9-,21+/m1/s1. The Hall–Kier alpha value is -1.21. The van der Waals surface area contributed by atoms with Crippen LogP contribution in [-0.2, 0) is 15.5 Å². The molecule has 21 heavy (non-hydrogen) atoms. The third-order valence-corrected chi connectivity index (χ3v) is 4.72. The Morgan fingerprint density at radius 3 is 2.86 bits per heavy atom. The number of rotatable bonds is 2. The van der Waals surface area contributed by atoms with E-state index in [0.29, 0.717) is 24.5 Å². The van der Waals surface area contributed by atoms with Gasteiger partial charge in [-0.25, -0.2) is 14.8 Å². The molecular formula is C13H18ClN3O3S. The lowest BCUT2D eigenvalue weighted by Crippen LogP contribution is -2.36. The first-order valence-corrected chi connectivity index (χ1v) is 8.22. The summed E-state index contributed by atoms with van der Waals surface area (Å²) in [4.78, 5) is 21.3. The van der Waals surface area contributed by atoms with Crippen LogP contribution in [0.25, 0.3) is 0 Å². The van der Waals surface area contributed by atoms with E-state index in [1.807, 2.05) is 20.8 Å². The Morgan fingerprint density at radius 1 is 1.52 bits per heavy atom. The highest BCUT2D eigenvalue weighted by Crippen LogP contribution is 2.21. The molecule has 0 radical (unpaired) electrons. The fourth-order valence-corrected chi connectivity index (χ4v) is 3.54. The van der Waals surface area contributed by atoms with Crippen LogP contribution in [0, 0.1) is 0 Å². The van der Waals surface area contributed by atoms with Gasteiger partial charge in [0.05, 0.1) is 16.0 Å². The zero-order valence-electron chi connectivity index (χ0n) is 12.2. The fourth-order valence-electron chi connectivity index (χ4n) is 2.00. The Morgan fingerprint density at radius 2 is 2.24 bits per heavy atom. The largest absolute Gasteiger partial charge is 0.444 e. The molecule has 0 N–H and O–H groups in total. The van der Waals surface area contributed by atoms with Gasteiger partial charge in [0.25, 0.3) is 0 Å². The lowest BCUT2D eigenvalue weighted by Gasteiger charge is -2.24. The average Bonchev–Trinajstić information content (AvgIpc) is 2.85. The summed E-state index contributed by atoms with van der Waals surface area (Å²) in [7, 11) is -1.31. The Kier molecular flexibility index (Phi) is 4.83. The lowest BCUT2D eigenvalue weighted by atomic mass is 10.2. The first-order valence-electron chi connectivity index (χ1n) is 6.63. The van der Waals surface area contributed by atoms with Crippen molar-refractivity contribution in [3.8, 4) is 0 Å². The number of aromatic nitrogens is 2. The molecule has 1 saturated heterocycles. The van der Waals surface area contributed by atoms with Crippen LogP contribution in [0.15, 0.2) is 17.3 Å². The Labute approximate surface area is 131 Å². The lowest BCUT2D eigenvalue weighted by molar-refractivity contribution is 0.0295. The van der Waals surface area contributed by atoms with Crippen LogP contribution in [-0.4, -0.2) is 49.1 Å². The van der Waals surface area contributed by atoms with Gasteiger partial charge < -0.3 is 9.64 Å². The number of ether oxygens (including phenoxy) is 1. The number of hydrogen-bond donors (Lipinski definition) is 0. The van der Waals surface area contributed by atoms with Crippen LogP contribution in [0.2, 0.25) is 5.28 Å². The number of likely N-dealkylation sites (tertiary alicyclic amines) is 1. The summed E-state index contributed by atoms with van der Waals surface area (Å²) in [5.74, 6) is 0. The summed E-state index contributed by atoms with van der Waals surface area (Å²) >= 11 is 5.71. The van der Waals surface area contributed by atoms with Crippen molar-refractivity contribution in [1.82, 2.24) is 14.9 Å². The maximum atomic E-state index is 12.4. The molecule has 2 atom stereocenters. The van der Waals surface area contributed by atoms with Gasteiger partial charge in [-0.1, -0.05) is 0 Å². The second-order valence-corrected chi connectivity index (χ2v) is 7.82. The van der Waals surface area contributed by atoms with Crippen molar-refractivity contribution < 1.29 is 13.7 Å². The molecule has 1 aliphatic rings. The van der Waals surface area contributed by atoms with Crippen molar-refractivity contribution in [2.24, 2.45) is 0 Å². The monoisotopic (exact) mass is 331 g/mol. The second-order valence-electron chi connectivity index (χ2n) is 5.80. The van der Waals surface area contributed by atoms with Gasteiger partial charge in [0, 0.05) is 19.3 Å². The predicted octanol–water partition coefficient (Wildman–Crippen LogP) is 2.25. The maximum absolute atomic E-state index is 12.4. The molecule has 0 saturated carbocycles. The summed E-state index contributed by atoms with van der Waals surface area (Å²) in [5.41, 5.74) is -0.533. The quantitative estimate of drug-likeness (QED) is 0.614. The topological polar surface area (TPSA) is 72.4 Å². The minimum Gasteiger partial charge on any atom is -0.444 e. The van der Waals surface area contributed by atoms with E-state index >= 15 is 0 Å². The van der Waals surface area contributed by atoms with Gasteiger partial charge in [-0.05, 0) is 44.9 Å². The zero-order chi connectivity index (χ0) is 15.6. The number of hydrogen-bond acceptors (Lipinski definition) is 5. The molecule has 1 amide bonds. The van der Waals surface area contributed by atoms with Crippen molar-refractivity contribution in [2.45, 2.75) is 43.1 Å². The van der Waals surface area contributed by atoms with Gasteiger partial charge in [0.1, 0.15) is 10.6 Å². The summed E-state index contributed by atoms with van der Waals surface area (Å²) in [6, 6.07) is 1.58. The molecule has 1 aliphatic heterocycles. The number of nitrogens with zero attached hydrogens (tertiary/aromatic N) is 3. The smallest absolute Gasteiger partial charge is 0.410 e. The first-order chi connectivity index (χ1) is 9.76. The van der Waals surface area contributed by atoms with Gasteiger partial charge in [-0.2, -0.15) is 0 Å². The molecule has 1 aromatic rings. The summed E-state index contributed by atoms with van der Waals surface area (Å²) < 4.78 is 17.8. The highest BCUT2D eigenvalue weighted by molar-refractivity contribution is 7.85. The molecule has 0 aromatic carbocycles. The van der Waals surface area contributed by atoms with E-state index in [2.05, 4.69) is 9.97 Å². The SMILES string of the molecule is CC(C)(C)OC(=O)N1CC[C@@H]([S@](=O)c2ccnc(Cl)n2)C1. The van der Waals surface area contributed by atoms with E-state index in [0.717, 1.165) is 0 Å². The van der Waals surface area contributed by atoms with Crippen LogP contribution in [0.1, 0.15) is 27.2 Å². The van der Waals surface area contributed by atoms with Crippen LogP contribution in [0.4, 0.5) is 4.79 Å². The zero-order valence-corrected chi connectivity index (χ0v) is 13.8. The fraction of sp³-hybridized carbons (Fsp3) is 0.615. The molecule has 0 unspecified atom stereocenters. The maximum Gasteiger partial charge on any atom is 0.410 e. The number of carbonyl (C=O) groups excluding carboxylic acids is 1. The van der Waals surface area contributed by atoms with E-state index in [-0.39, 0.29) is 16.6 Å². The van der Waals surface area contributed by atoms with E-state index < -0.39 is 16.4 Å². The van der Waals surface area contributed by atoms with Crippen LogP contribution >= 0.6 is 11.6 Å². The molecule has 2 rings (SSSR count). The minimum absolute atomic E-state index is 0.0721. The van der Waals surface area contributed by atoms with Crippen molar-refractivity contribution in [1.29, 1.82) is 0 Å². The van der Waals surface area contributed by atoms with E-state index in [1.165, 1.54) is 6.20 Å². The predicted molar refractivity (Wildman–Crippen MR) is 79.7 cm³/mol. The number of carbonyl (C=O) groups is 1. The normalized spacial score (nSPS) is 20.4. The molecular weight excluding hydrogens is 314 g/mol. The van der Waals surface area contributed by atoms with Gasteiger partial charge >= 0.3 is 6.09 Å². The molecule has 6 nitrogen and oxygen atoms in total.